The van der Waals surface area contributed by atoms with Gasteiger partial charge in [0.2, 0.25) is 0 Å². The van der Waals surface area contributed by atoms with Gasteiger partial charge in [-0.2, -0.15) is 0 Å². The number of benzene rings is 2. The van der Waals surface area contributed by atoms with Crippen molar-refractivity contribution >= 4 is 22.4 Å². The molecule has 0 bridgehead atoms. The van der Waals surface area contributed by atoms with E-state index < -0.39 is 17.2 Å². The summed E-state index contributed by atoms with van der Waals surface area (Å²) in [5, 5.41) is 4.99. The maximum absolute atomic E-state index is 13.4. The summed E-state index contributed by atoms with van der Waals surface area (Å²) in [6.07, 6.45) is 1.03. The van der Waals surface area contributed by atoms with Crippen LogP contribution in [-0.2, 0) is 4.79 Å². The molecule has 2 heterocycles. The molecule has 7 heteroatoms. The molecule has 1 aromatic heterocycles. The van der Waals surface area contributed by atoms with Gasteiger partial charge in [-0.25, -0.2) is 4.79 Å². The molecule has 0 unspecified atom stereocenters. The van der Waals surface area contributed by atoms with E-state index >= 15 is 0 Å². The maximum atomic E-state index is 13.4. The third-order valence-electron chi connectivity index (χ3n) is 6.18. The Morgan fingerprint density at radius 2 is 1.74 bits per heavy atom. The lowest BCUT2D eigenvalue weighted by Gasteiger charge is -2.39. The van der Waals surface area contributed by atoms with Crippen LogP contribution in [0.1, 0.15) is 43.7 Å². The number of anilines is 1. The first-order chi connectivity index (χ1) is 14.8. The number of ketones is 1. The predicted octanol–water partition coefficient (Wildman–Crippen LogP) is 3.43. The van der Waals surface area contributed by atoms with E-state index in [0.29, 0.717) is 35.5 Å². The van der Waals surface area contributed by atoms with Gasteiger partial charge >= 0.3 is 5.69 Å². The smallest absolute Gasteiger partial charge is 0.327 e. The lowest BCUT2D eigenvalue weighted by atomic mass is 9.69. The number of aromatic amines is 2. The number of rotatable bonds is 2. The van der Waals surface area contributed by atoms with Gasteiger partial charge < -0.3 is 10.1 Å². The molecule has 31 heavy (non-hydrogen) atoms. The second-order valence-corrected chi connectivity index (χ2v) is 8.99. The van der Waals surface area contributed by atoms with E-state index in [1.807, 2.05) is 50.2 Å². The van der Waals surface area contributed by atoms with E-state index in [0.717, 1.165) is 22.0 Å². The zero-order valence-electron chi connectivity index (χ0n) is 17.6. The standard InChI is InChI=1S/C24H23N3O4/c1-24(2)10-14-19(15(28)11-24)18(20-21(25-14)26-23(30)27-22(20)29)13-8-4-6-12-7-5-9-16(31-3)17(12)13/h4-9,18H,10-11H2,1-3H3,(H3,25,26,27,29,30)/t18-/m1/s1. The Balaban J connectivity index is 1.89. The second-order valence-electron chi connectivity index (χ2n) is 8.99. The van der Waals surface area contributed by atoms with Gasteiger partial charge in [-0.15, -0.1) is 0 Å². The number of H-pyrrole nitrogens is 2. The zero-order valence-corrected chi connectivity index (χ0v) is 17.6. The van der Waals surface area contributed by atoms with Crippen LogP contribution in [0.25, 0.3) is 10.8 Å². The minimum atomic E-state index is -0.615. The van der Waals surface area contributed by atoms with Crippen LogP contribution in [0, 0.1) is 5.41 Å². The van der Waals surface area contributed by atoms with Crippen molar-refractivity contribution in [1.29, 1.82) is 0 Å². The summed E-state index contributed by atoms with van der Waals surface area (Å²) < 4.78 is 5.63. The molecule has 0 amide bonds. The van der Waals surface area contributed by atoms with Gasteiger partial charge in [0.25, 0.3) is 5.56 Å². The topological polar surface area (TPSA) is 104 Å². The van der Waals surface area contributed by atoms with E-state index in [1.165, 1.54) is 0 Å². The van der Waals surface area contributed by atoms with E-state index in [9.17, 15) is 14.4 Å². The minimum Gasteiger partial charge on any atom is -0.496 e. The molecule has 5 rings (SSSR count). The van der Waals surface area contributed by atoms with Crippen LogP contribution >= 0.6 is 0 Å². The summed E-state index contributed by atoms with van der Waals surface area (Å²) in [5.74, 6) is 0.400. The van der Waals surface area contributed by atoms with Gasteiger partial charge in [-0.05, 0) is 28.9 Å². The number of carbonyl (C=O) groups is 1. The van der Waals surface area contributed by atoms with Gasteiger partial charge in [0.05, 0.1) is 12.7 Å². The molecule has 1 aliphatic carbocycles. The first-order valence-corrected chi connectivity index (χ1v) is 10.2. The molecule has 158 valence electrons. The van der Waals surface area contributed by atoms with Crippen molar-refractivity contribution in [3.63, 3.8) is 0 Å². The summed E-state index contributed by atoms with van der Waals surface area (Å²) in [7, 11) is 1.60. The second kappa shape index (κ2) is 6.70. The van der Waals surface area contributed by atoms with E-state index in [2.05, 4.69) is 15.3 Å². The molecule has 7 nitrogen and oxygen atoms in total. The Hall–Kier alpha value is -3.61. The van der Waals surface area contributed by atoms with Gasteiger partial charge in [0.1, 0.15) is 11.6 Å². The van der Waals surface area contributed by atoms with Crippen molar-refractivity contribution in [1.82, 2.24) is 9.97 Å². The molecule has 3 aromatic rings. The molecule has 2 aliphatic rings. The molecule has 2 aromatic carbocycles. The summed E-state index contributed by atoms with van der Waals surface area (Å²) in [5.41, 5.74) is 1.17. The van der Waals surface area contributed by atoms with Crippen LogP contribution in [0.15, 0.2) is 57.3 Å². The normalized spacial score (nSPS) is 19.6. The monoisotopic (exact) mass is 417 g/mol. The van der Waals surface area contributed by atoms with Crippen LogP contribution in [-0.4, -0.2) is 22.9 Å². The van der Waals surface area contributed by atoms with E-state index in [4.69, 9.17) is 4.74 Å². The van der Waals surface area contributed by atoms with Crippen molar-refractivity contribution in [2.24, 2.45) is 5.41 Å². The number of aromatic nitrogens is 2. The Kier molecular flexibility index (Phi) is 4.18. The van der Waals surface area contributed by atoms with Gasteiger partial charge in [0.15, 0.2) is 5.78 Å². The predicted molar refractivity (Wildman–Crippen MR) is 119 cm³/mol. The maximum Gasteiger partial charge on any atom is 0.327 e. The number of methoxy groups -OCH3 is 1. The average Bonchev–Trinajstić information content (AvgIpc) is 2.70. The van der Waals surface area contributed by atoms with Crippen LogP contribution in [0.4, 0.5) is 5.82 Å². The van der Waals surface area contributed by atoms with Crippen LogP contribution in [0.3, 0.4) is 0 Å². The minimum absolute atomic E-state index is 0.00639. The third kappa shape index (κ3) is 3.00. The number of Topliss-reactive ketones (excluding diaryl/α,β-unsaturated/α-hetero) is 1. The number of carbonyl (C=O) groups excluding carboxylic acids is 1. The summed E-state index contributed by atoms with van der Waals surface area (Å²) in [6, 6.07) is 11.6. The van der Waals surface area contributed by atoms with Crippen LogP contribution in [0.2, 0.25) is 0 Å². The van der Waals surface area contributed by atoms with Gasteiger partial charge in [-0.1, -0.05) is 44.2 Å². The number of allylic oxidation sites excluding steroid dienone is 2. The fourth-order valence-corrected chi connectivity index (χ4v) is 5.00. The average molecular weight is 417 g/mol. The van der Waals surface area contributed by atoms with Crippen LogP contribution < -0.4 is 21.3 Å². The molecule has 1 atom stereocenters. The number of hydrogen-bond donors (Lipinski definition) is 3. The summed E-state index contributed by atoms with van der Waals surface area (Å²) in [4.78, 5) is 43.4. The molecule has 0 saturated carbocycles. The SMILES string of the molecule is COc1cccc2cccc([C@@H]3C4=C(CC(C)(C)CC4=O)Nc4[nH]c(=O)[nH]c(=O)c43)c12. The lowest BCUT2D eigenvalue weighted by molar-refractivity contribution is -0.118. The summed E-state index contributed by atoms with van der Waals surface area (Å²) in [6.45, 7) is 4.09. The molecule has 1 aliphatic heterocycles. The van der Waals surface area contributed by atoms with Crippen molar-refractivity contribution in [3.05, 3.63) is 79.6 Å². The quantitative estimate of drug-likeness (QED) is 0.593. The molecule has 0 fully saturated rings. The van der Waals surface area contributed by atoms with Crippen molar-refractivity contribution in [2.45, 2.75) is 32.6 Å². The van der Waals surface area contributed by atoms with Crippen molar-refractivity contribution < 1.29 is 9.53 Å². The number of nitrogens with one attached hydrogen (secondary N) is 3. The van der Waals surface area contributed by atoms with E-state index in [1.54, 1.807) is 7.11 Å². The van der Waals surface area contributed by atoms with Crippen molar-refractivity contribution in [3.8, 4) is 5.75 Å². The highest BCUT2D eigenvalue weighted by Gasteiger charge is 2.42. The molecule has 0 saturated heterocycles. The molecule has 0 radical (unpaired) electrons. The third-order valence-corrected chi connectivity index (χ3v) is 6.18. The highest BCUT2D eigenvalue weighted by molar-refractivity contribution is 6.03. The number of ether oxygens (including phenoxy) is 1. The summed E-state index contributed by atoms with van der Waals surface area (Å²) >= 11 is 0. The van der Waals surface area contributed by atoms with Gasteiger partial charge in [-0.3, -0.25) is 19.6 Å². The van der Waals surface area contributed by atoms with Crippen molar-refractivity contribution in [2.75, 3.05) is 12.4 Å². The molecule has 3 N–H and O–H groups in total. The van der Waals surface area contributed by atoms with E-state index in [-0.39, 0.29) is 11.2 Å². The Morgan fingerprint density at radius 3 is 2.48 bits per heavy atom. The fraction of sp³-hybridized carbons (Fsp3) is 0.292. The fourth-order valence-electron chi connectivity index (χ4n) is 5.00. The largest absolute Gasteiger partial charge is 0.496 e. The highest BCUT2D eigenvalue weighted by atomic mass is 16.5. The lowest BCUT2D eigenvalue weighted by Crippen LogP contribution is -2.39. The molecular weight excluding hydrogens is 394 g/mol. The first-order valence-electron chi connectivity index (χ1n) is 10.2. The highest BCUT2D eigenvalue weighted by Crippen LogP contribution is 2.49. The molecule has 0 spiro atoms. The zero-order chi connectivity index (χ0) is 21.9. The first kappa shape index (κ1) is 19.4. The number of hydrogen-bond acceptors (Lipinski definition) is 5. The molecular formula is C24H23N3O4. The Bertz CT molecular complexity index is 1390. The Labute approximate surface area is 178 Å². The number of fused-ring (bicyclic) bond motifs is 2. The Morgan fingerprint density at radius 1 is 1.00 bits per heavy atom. The van der Waals surface area contributed by atoms with Crippen LogP contribution in [0.5, 0.6) is 5.75 Å². The van der Waals surface area contributed by atoms with Gasteiger partial charge in [0, 0.05) is 29.0 Å².